The molecule has 1 N–H and O–H groups in total. The van der Waals surface area contributed by atoms with Crippen LogP contribution in [0, 0.1) is 0 Å². The minimum atomic E-state index is -0.720. The lowest BCUT2D eigenvalue weighted by Gasteiger charge is -2.19. The predicted octanol–water partition coefficient (Wildman–Crippen LogP) is 5.62. The maximum absolute atomic E-state index is 12.8. The summed E-state index contributed by atoms with van der Waals surface area (Å²) in [7, 11) is 9.14. The van der Waals surface area contributed by atoms with Crippen molar-refractivity contribution in [2.24, 2.45) is 0 Å². The molecule has 40 heavy (non-hydrogen) atoms. The minimum Gasteiger partial charge on any atom is -0.495 e. The average molecular weight is 585 g/mol. The number of carbonyl (C=O) groups is 1. The number of benzene rings is 2. The Balaban J connectivity index is 1.55. The molecule has 2 aromatic carbocycles. The molecule has 2 aromatic heterocycles. The van der Waals surface area contributed by atoms with Crippen molar-refractivity contribution in [2.75, 3.05) is 53.8 Å². The van der Waals surface area contributed by atoms with E-state index >= 15 is 0 Å². The summed E-state index contributed by atoms with van der Waals surface area (Å²) in [5.41, 5.74) is 2.82. The van der Waals surface area contributed by atoms with Crippen LogP contribution in [0.3, 0.4) is 0 Å². The number of nitrogens with one attached hydrogen (secondary N) is 1. The van der Waals surface area contributed by atoms with Crippen molar-refractivity contribution in [1.82, 2.24) is 24.8 Å². The zero-order valence-electron chi connectivity index (χ0n) is 22.9. The van der Waals surface area contributed by atoms with Gasteiger partial charge in [-0.3, -0.25) is 10.3 Å². The Morgan fingerprint density at radius 3 is 2.15 bits per heavy atom. The van der Waals surface area contributed by atoms with Gasteiger partial charge in [0.1, 0.15) is 28.4 Å². The number of fused-ring (bicyclic) bond motifs is 1. The van der Waals surface area contributed by atoms with Crippen LogP contribution in [-0.2, 0) is 6.54 Å². The molecular formula is C28H30Cl2N6O4. The van der Waals surface area contributed by atoms with Gasteiger partial charge in [-0.25, -0.2) is 14.8 Å². The quantitative estimate of drug-likeness (QED) is 0.254. The van der Waals surface area contributed by atoms with Crippen molar-refractivity contribution >= 4 is 46.1 Å². The SMILES string of the molecule is COc1cc(OC)c(Cl)c(-c2ccc(OC(=O)Nc3ccc(CN(C)CCN(C)C)cn3)c3nccnc23)c1Cl. The molecule has 0 spiro atoms. The van der Waals surface area contributed by atoms with Crippen LogP contribution in [0.2, 0.25) is 10.0 Å². The molecule has 10 nitrogen and oxygen atoms in total. The largest absolute Gasteiger partial charge is 0.495 e. The molecule has 0 aliphatic carbocycles. The maximum Gasteiger partial charge on any atom is 0.418 e. The zero-order chi connectivity index (χ0) is 28.8. The van der Waals surface area contributed by atoms with Crippen LogP contribution < -0.4 is 19.5 Å². The van der Waals surface area contributed by atoms with Gasteiger partial charge in [-0.1, -0.05) is 29.3 Å². The topological polar surface area (TPSA) is 102 Å². The van der Waals surface area contributed by atoms with E-state index in [1.54, 1.807) is 30.5 Å². The fourth-order valence-corrected chi connectivity index (χ4v) is 4.73. The summed E-state index contributed by atoms with van der Waals surface area (Å²) in [4.78, 5) is 30.3. The van der Waals surface area contributed by atoms with Crippen molar-refractivity contribution < 1.29 is 19.0 Å². The first-order valence-electron chi connectivity index (χ1n) is 12.3. The molecule has 0 aliphatic rings. The second-order valence-electron chi connectivity index (χ2n) is 9.26. The molecule has 4 rings (SSSR count). The van der Waals surface area contributed by atoms with Gasteiger partial charge in [-0.05, 0) is 44.9 Å². The smallest absolute Gasteiger partial charge is 0.418 e. The first-order chi connectivity index (χ1) is 19.2. The second-order valence-corrected chi connectivity index (χ2v) is 10.0. The van der Waals surface area contributed by atoms with E-state index in [0.29, 0.717) is 39.5 Å². The number of nitrogens with zero attached hydrogens (tertiary/aromatic N) is 5. The highest BCUT2D eigenvalue weighted by Gasteiger charge is 2.23. The van der Waals surface area contributed by atoms with Crippen LogP contribution in [0.5, 0.6) is 17.2 Å². The molecule has 0 unspecified atom stereocenters. The molecule has 4 aromatic rings. The number of ether oxygens (including phenoxy) is 3. The van der Waals surface area contributed by atoms with Gasteiger partial charge in [0.2, 0.25) is 0 Å². The van der Waals surface area contributed by atoms with Gasteiger partial charge in [0, 0.05) is 55.4 Å². The number of rotatable bonds is 10. The zero-order valence-corrected chi connectivity index (χ0v) is 24.4. The number of hydrogen-bond donors (Lipinski definition) is 1. The number of pyridine rings is 1. The standard InChI is InChI=1S/C28H30Cl2N6O4/c1-35(2)12-13-36(3)16-17-6-9-22(33-15-17)34-28(37)40-19-8-7-18(26-27(19)32-11-10-31-26)23-24(29)20(38-4)14-21(39-5)25(23)30/h6-11,14-15H,12-13,16H2,1-5H3,(H,33,34,37). The fraction of sp³-hybridized carbons (Fsp3) is 0.286. The lowest BCUT2D eigenvalue weighted by Crippen LogP contribution is -2.28. The lowest BCUT2D eigenvalue weighted by molar-refractivity contribution is 0.215. The molecule has 210 valence electrons. The van der Waals surface area contributed by atoms with Crippen LogP contribution in [0.1, 0.15) is 5.56 Å². The summed E-state index contributed by atoms with van der Waals surface area (Å²) in [6.45, 7) is 2.64. The first kappa shape index (κ1) is 29.3. The molecule has 0 saturated heterocycles. The molecule has 0 atom stereocenters. The molecular weight excluding hydrogens is 555 g/mol. The third-order valence-corrected chi connectivity index (χ3v) is 6.82. The molecule has 2 heterocycles. The highest BCUT2D eigenvalue weighted by Crippen LogP contribution is 2.47. The number of amides is 1. The number of methoxy groups -OCH3 is 2. The molecule has 1 amide bonds. The number of anilines is 1. The van der Waals surface area contributed by atoms with Gasteiger partial charge in [0.25, 0.3) is 0 Å². The molecule has 0 aliphatic heterocycles. The summed E-state index contributed by atoms with van der Waals surface area (Å²) >= 11 is 13.3. The van der Waals surface area contributed by atoms with E-state index in [2.05, 4.69) is 37.1 Å². The Bertz CT molecular complexity index is 1470. The first-order valence-corrected chi connectivity index (χ1v) is 13.1. The third kappa shape index (κ3) is 6.71. The normalized spacial score (nSPS) is 11.2. The van der Waals surface area contributed by atoms with Gasteiger partial charge >= 0.3 is 6.09 Å². The van der Waals surface area contributed by atoms with Crippen molar-refractivity contribution in [1.29, 1.82) is 0 Å². The third-order valence-electron chi connectivity index (χ3n) is 6.07. The molecule has 0 bridgehead atoms. The van der Waals surface area contributed by atoms with Gasteiger partial charge in [0.15, 0.2) is 5.75 Å². The molecule has 0 fully saturated rings. The van der Waals surface area contributed by atoms with Gasteiger partial charge < -0.3 is 24.0 Å². The highest BCUT2D eigenvalue weighted by molar-refractivity contribution is 6.41. The van der Waals surface area contributed by atoms with Crippen LogP contribution in [-0.4, -0.2) is 79.3 Å². The summed E-state index contributed by atoms with van der Waals surface area (Å²) in [6, 6.07) is 8.56. The van der Waals surface area contributed by atoms with Crippen molar-refractivity contribution in [3.05, 3.63) is 64.5 Å². The van der Waals surface area contributed by atoms with E-state index in [1.807, 2.05) is 20.2 Å². The number of halogens is 2. The monoisotopic (exact) mass is 584 g/mol. The Hall–Kier alpha value is -3.70. The number of aromatic nitrogens is 3. The Morgan fingerprint density at radius 2 is 1.55 bits per heavy atom. The van der Waals surface area contributed by atoms with Crippen molar-refractivity contribution in [2.45, 2.75) is 6.54 Å². The van der Waals surface area contributed by atoms with Crippen LogP contribution >= 0.6 is 23.2 Å². The Kier molecular flexibility index (Phi) is 9.59. The second kappa shape index (κ2) is 13.1. The summed E-state index contributed by atoms with van der Waals surface area (Å²) < 4.78 is 16.4. The van der Waals surface area contributed by atoms with E-state index in [-0.39, 0.29) is 15.8 Å². The van der Waals surface area contributed by atoms with Gasteiger partial charge in [-0.15, -0.1) is 0 Å². The minimum absolute atomic E-state index is 0.200. The fourth-order valence-electron chi connectivity index (χ4n) is 4.02. The Labute approximate surface area is 242 Å². The summed E-state index contributed by atoms with van der Waals surface area (Å²) in [5.74, 6) is 1.33. The van der Waals surface area contributed by atoms with Gasteiger partial charge in [0.05, 0.1) is 24.3 Å². The highest BCUT2D eigenvalue weighted by atomic mass is 35.5. The predicted molar refractivity (Wildman–Crippen MR) is 157 cm³/mol. The Morgan fingerprint density at radius 1 is 0.875 bits per heavy atom. The van der Waals surface area contributed by atoms with Crippen molar-refractivity contribution in [3.63, 3.8) is 0 Å². The van der Waals surface area contributed by atoms with Crippen LogP contribution in [0.4, 0.5) is 10.6 Å². The van der Waals surface area contributed by atoms with E-state index in [4.69, 9.17) is 37.4 Å². The number of carbonyl (C=O) groups excluding carboxylic acids is 1. The van der Waals surface area contributed by atoms with Crippen molar-refractivity contribution in [3.8, 4) is 28.4 Å². The molecule has 0 radical (unpaired) electrons. The number of likely N-dealkylation sites (N-methyl/N-ethyl adjacent to an activating group) is 2. The van der Waals surface area contributed by atoms with Crippen LogP contribution in [0.25, 0.3) is 22.2 Å². The summed E-state index contributed by atoms with van der Waals surface area (Å²) in [6.07, 6.45) is 4.04. The van der Waals surface area contributed by atoms with E-state index in [9.17, 15) is 4.79 Å². The lowest BCUT2D eigenvalue weighted by atomic mass is 10.0. The van der Waals surface area contributed by atoms with Crippen LogP contribution in [0.15, 0.2) is 48.9 Å². The van der Waals surface area contributed by atoms with Gasteiger partial charge in [-0.2, -0.15) is 0 Å². The summed E-state index contributed by atoms with van der Waals surface area (Å²) in [5, 5.41) is 3.22. The van der Waals surface area contributed by atoms with E-state index in [1.165, 1.54) is 26.6 Å². The molecule has 0 saturated carbocycles. The maximum atomic E-state index is 12.8. The van der Waals surface area contributed by atoms with E-state index in [0.717, 1.165) is 25.2 Å². The number of hydrogen-bond acceptors (Lipinski definition) is 9. The molecule has 12 heteroatoms. The van der Waals surface area contributed by atoms with E-state index < -0.39 is 6.09 Å². The average Bonchev–Trinajstić information content (AvgIpc) is 2.94.